The number of aromatic nitrogens is 2. The second-order valence-corrected chi connectivity index (χ2v) is 8.11. The van der Waals surface area contributed by atoms with Crippen molar-refractivity contribution in [3.63, 3.8) is 0 Å². The summed E-state index contributed by atoms with van der Waals surface area (Å²) in [5.74, 6) is -0.411. The van der Waals surface area contributed by atoms with Crippen LogP contribution in [0.5, 0.6) is 0 Å². The summed E-state index contributed by atoms with van der Waals surface area (Å²) in [5, 5.41) is 0.826. The maximum absolute atomic E-state index is 14.7. The minimum absolute atomic E-state index is 0.0289. The molecule has 5 rings (SSSR count). The molecular weight excluding hydrogens is 423 g/mol. The highest BCUT2D eigenvalue weighted by atomic mass is 35.5. The molecule has 0 radical (unpaired) electrons. The van der Waals surface area contributed by atoms with Gasteiger partial charge in [-0.05, 0) is 42.5 Å². The zero-order valence-corrected chi connectivity index (χ0v) is 16.9. The molecule has 0 unspecified atom stereocenters. The van der Waals surface area contributed by atoms with Crippen molar-refractivity contribution in [1.82, 2.24) is 9.55 Å². The van der Waals surface area contributed by atoms with Crippen LogP contribution in [0, 0.1) is 5.82 Å². The molecule has 4 nitrogen and oxygen atoms in total. The first-order valence-electron chi connectivity index (χ1n) is 9.04. The Morgan fingerprint density at radius 3 is 2.50 bits per heavy atom. The van der Waals surface area contributed by atoms with Crippen LogP contribution in [-0.4, -0.2) is 9.55 Å². The highest BCUT2D eigenvalue weighted by Gasteiger charge is 2.20. The van der Waals surface area contributed by atoms with Gasteiger partial charge in [-0.1, -0.05) is 41.9 Å². The lowest BCUT2D eigenvalue weighted by molar-refractivity contribution is 0.629. The predicted octanol–water partition coefficient (Wildman–Crippen LogP) is 5.42. The van der Waals surface area contributed by atoms with Gasteiger partial charge in [0, 0.05) is 15.1 Å². The zero-order chi connectivity index (χ0) is 20.8. The van der Waals surface area contributed by atoms with E-state index in [1.807, 2.05) is 6.07 Å². The van der Waals surface area contributed by atoms with Gasteiger partial charge in [0.2, 0.25) is 5.43 Å². The van der Waals surface area contributed by atoms with E-state index in [9.17, 15) is 14.0 Å². The Morgan fingerprint density at radius 2 is 1.70 bits per heavy atom. The van der Waals surface area contributed by atoms with Crippen LogP contribution < -0.4 is 11.0 Å². The topological polar surface area (TPSA) is 52.0 Å². The van der Waals surface area contributed by atoms with Gasteiger partial charge in [0.05, 0.1) is 11.3 Å². The largest absolute Gasteiger partial charge is 0.288 e. The number of benzene rings is 3. The molecule has 30 heavy (non-hydrogen) atoms. The summed E-state index contributed by atoms with van der Waals surface area (Å²) >= 11 is 7.36. The van der Waals surface area contributed by atoms with Crippen LogP contribution in [0.3, 0.4) is 0 Å². The molecule has 0 aliphatic carbocycles. The van der Waals surface area contributed by atoms with E-state index in [4.69, 9.17) is 11.6 Å². The number of rotatable bonds is 2. The second kappa shape index (κ2) is 7.16. The van der Waals surface area contributed by atoms with E-state index in [-0.39, 0.29) is 21.6 Å². The zero-order valence-electron chi connectivity index (χ0n) is 15.3. The Labute approximate surface area is 178 Å². The van der Waals surface area contributed by atoms with Crippen LogP contribution >= 0.6 is 22.9 Å². The monoisotopic (exact) mass is 434 g/mol. The number of halogens is 2. The van der Waals surface area contributed by atoms with Crippen LogP contribution in [0.1, 0.15) is 0 Å². The number of fused-ring (bicyclic) bond motifs is 2. The van der Waals surface area contributed by atoms with Gasteiger partial charge in [0.25, 0.3) is 5.56 Å². The molecule has 0 fully saturated rings. The van der Waals surface area contributed by atoms with Crippen molar-refractivity contribution in [1.29, 1.82) is 0 Å². The standard InChI is InChI=1S/C23H12ClFN2O2S/c24-13-6-5-7-14(12-13)27-21(15-8-1-3-10-17(15)25)26-22-19(23(27)29)20(28)16-9-2-4-11-18(16)30-22/h1-12H. The van der Waals surface area contributed by atoms with Gasteiger partial charge in [-0.2, -0.15) is 0 Å². The van der Waals surface area contributed by atoms with E-state index >= 15 is 0 Å². The first-order chi connectivity index (χ1) is 14.5. The summed E-state index contributed by atoms with van der Waals surface area (Å²) in [5.41, 5.74) is -0.401. The summed E-state index contributed by atoms with van der Waals surface area (Å²) in [6.45, 7) is 0. The molecule has 0 saturated heterocycles. The molecule has 0 saturated carbocycles. The van der Waals surface area contributed by atoms with E-state index in [2.05, 4.69) is 4.98 Å². The summed E-state index contributed by atoms with van der Waals surface area (Å²) in [7, 11) is 0. The molecule has 2 aromatic heterocycles. The average Bonchev–Trinajstić information content (AvgIpc) is 2.74. The van der Waals surface area contributed by atoms with Gasteiger partial charge < -0.3 is 0 Å². The lowest BCUT2D eigenvalue weighted by Crippen LogP contribution is -2.26. The molecule has 0 spiro atoms. The van der Waals surface area contributed by atoms with Crippen molar-refractivity contribution in [2.75, 3.05) is 0 Å². The Hall–Kier alpha value is -3.35. The predicted molar refractivity (Wildman–Crippen MR) is 119 cm³/mol. The first-order valence-corrected chi connectivity index (χ1v) is 10.2. The third kappa shape index (κ3) is 2.93. The van der Waals surface area contributed by atoms with Crippen molar-refractivity contribution in [3.8, 4) is 17.1 Å². The second-order valence-electron chi connectivity index (χ2n) is 6.64. The van der Waals surface area contributed by atoms with Gasteiger partial charge in [0.15, 0.2) is 5.82 Å². The molecule has 0 bridgehead atoms. The van der Waals surface area contributed by atoms with Crippen molar-refractivity contribution in [2.24, 2.45) is 0 Å². The maximum atomic E-state index is 14.7. The molecular formula is C23H12ClFN2O2S. The van der Waals surface area contributed by atoms with E-state index in [1.54, 1.807) is 60.7 Å². The van der Waals surface area contributed by atoms with Crippen molar-refractivity contribution >= 4 is 43.2 Å². The third-order valence-electron chi connectivity index (χ3n) is 4.80. The maximum Gasteiger partial charge on any atom is 0.271 e. The fourth-order valence-corrected chi connectivity index (χ4v) is 4.65. The van der Waals surface area contributed by atoms with Gasteiger partial charge >= 0.3 is 0 Å². The molecule has 0 aliphatic heterocycles. The molecule has 0 atom stereocenters. The highest BCUT2D eigenvalue weighted by Crippen LogP contribution is 2.28. The minimum atomic E-state index is -0.562. The van der Waals surface area contributed by atoms with E-state index in [0.717, 1.165) is 0 Å². The Bertz CT molecular complexity index is 1580. The molecule has 2 heterocycles. The Balaban J connectivity index is 2.00. The summed E-state index contributed by atoms with van der Waals surface area (Å²) in [6, 6.07) is 19.7. The fourth-order valence-electron chi connectivity index (χ4n) is 3.43. The van der Waals surface area contributed by atoms with Gasteiger partial charge in [-0.25, -0.2) is 9.37 Å². The van der Waals surface area contributed by atoms with Gasteiger partial charge in [-0.3, -0.25) is 14.2 Å². The molecule has 5 aromatic rings. The van der Waals surface area contributed by atoms with Crippen LogP contribution in [0.15, 0.2) is 82.4 Å². The molecule has 0 aliphatic rings. The highest BCUT2D eigenvalue weighted by molar-refractivity contribution is 7.24. The lowest BCUT2D eigenvalue weighted by Gasteiger charge is -2.14. The molecule has 146 valence electrons. The fraction of sp³-hybridized carbons (Fsp3) is 0. The lowest BCUT2D eigenvalue weighted by atomic mass is 10.1. The normalized spacial score (nSPS) is 11.3. The SMILES string of the molecule is O=c1c2ccccc2sc2nc(-c3ccccc3F)n(-c3cccc(Cl)c3)c(=O)c12. The number of hydrogen-bond acceptors (Lipinski definition) is 4. The summed E-state index contributed by atoms with van der Waals surface area (Å²) in [6.07, 6.45) is 0. The third-order valence-corrected chi connectivity index (χ3v) is 6.10. The minimum Gasteiger partial charge on any atom is -0.288 e. The van der Waals surface area contributed by atoms with Crippen molar-refractivity contribution in [2.45, 2.75) is 0 Å². The summed E-state index contributed by atoms with van der Waals surface area (Å²) < 4.78 is 16.6. The quantitative estimate of drug-likeness (QED) is 0.348. The van der Waals surface area contributed by atoms with Crippen molar-refractivity contribution in [3.05, 3.63) is 104 Å². The Morgan fingerprint density at radius 1 is 0.933 bits per heavy atom. The van der Waals surface area contributed by atoms with Crippen LogP contribution in [0.25, 0.3) is 37.4 Å². The van der Waals surface area contributed by atoms with Crippen LogP contribution in [-0.2, 0) is 0 Å². The van der Waals surface area contributed by atoms with Crippen molar-refractivity contribution < 1.29 is 4.39 Å². The van der Waals surface area contributed by atoms with Gasteiger partial charge in [-0.15, -0.1) is 11.3 Å². The van der Waals surface area contributed by atoms with Crippen LogP contribution in [0.4, 0.5) is 4.39 Å². The Kier molecular flexibility index (Phi) is 4.46. The van der Waals surface area contributed by atoms with E-state index in [0.29, 0.717) is 20.8 Å². The van der Waals surface area contributed by atoms with E-state index < -0.39 is 16.8 Å². The summed E-state index contributed by atoms with van der Waals surface area (Å²) in [4.78, 5) is 31.5. The van der Waals surface area contributed by atoms with E-state index in [1.165, 1.54) is 22.0 Å². The van der Waals surface area contributed by atoms with Gasteiger partial charge in [0.1, 0.15) is 16.0 Å². The first kappa shape index (κ1) is 18.7. The number of hydrogen-bond donors (Lipinski definition) is 0. The number of nitrogens with zero attached hydrogens (tertiary/aromatic N) is 2. The molecule has 7 heteroatoms. The average molecular weight is 435 g/mol. The molecule has 0 N–H and O–H groups in total. The van der Waals surface area contributed by atoms with Crippen LogP contribution in [0.2, 0.25) is 5.02 Å². The molecule has 3 aromatic carbocycles. The smallest absolute Gasteiger partial charge is 0.271 e. The molecule has 0 amide bonds.